The van der Waals surface area contributed by atoms with Gasteiger partial charge in [0.05, 0.1) is 5.56 Å². The highest BCUT2D eigenvalue weighted by Crippen LogP contribution is 2.38. The Morgan fingerprint density at radius 2 is 2.04 bits per heavy atom. The molecule has 1 N–H and O–H groups in total. The second kappa shape index (κ2) is 7.30. The van der Waals surface area contributed by atoms with Gasteiger partial charge in [0.15, 0.2) is 0 Å². The van der Waals surface area contributed by atoms with Gasteiger partial charge in [0.2, 0.25) is 0 Å². The lowest BCUT2D eigenvalue weighted by molar-refractivity contribution is -0.117. The number of aromatic nitrogens is 1. The third-order valence-corrected chi connectivity index (χ3v) is 6.79. The van der Waals surface area contributed by atoms with Crippen LogP contribution in [0.2, 0.25) is 0 Å². The Morgan fingerprint density at radius 3 is 2.71 bits per heavy atom. The molecule has 2 heterocycles. The fraction of sp³-hybridized carbons (Fsp3) is 0.409. The molecule has 0 unspecified atom stereocenters. The molecule has 0 aromatic carbocycles. The predicted molar refractivity (Wildman–Crippen MR) is 109 cm³/mol. The molecular weight excluding hydrogens is 368 g/mol. The lowest BCUT2D eigenvalue weighted by Gasteiger charge is -2.10. The van der Waals surface area contributed by atoms with Crippen molar-refractivity contribution in [1.29, 1.82) is 10.5 Å². The van der Waals surface area contributed by atoms with Gasteiger partial charge in [-0.1, -0.05) is 0 Å². The number of hydrogen-bond acceptors (Lipinski definition) is 4. The fourth-order valence-electron chi connectivity index (χ4n) is 3.87. The zero-order valence-corrected chi connectivity index (χ0v) is 16.9. The van der Waals surface area contributed by atoms with Gasteiger partial charge in [0, 0.05) is 22.3 Å². The zero-order chi connectivity index (χ0) is 19.8. The molecule has 1 fully saturated rings. The molecule has 5 nitrogen and oxygen atoms in total. The summed E-state index contributed by atoms with van der Waals surface area (Å²) in [6, 6.07) is 6.65. The van der Waals surface area contributed by atoms with Crippen LogP contribution in [-0.4, -0.2) is 16.5 Å². The second-order valence-corrected chi connectivity index (χ2v) is 8.67. The summed E-state index contributed by atoms with van der Waals surface area (Å²) in [4.78, 5) is 13.6. The quantitative estimate of drug-likeness (QED) is 0.630. The third kappa shape index (κ3) is 3.25. The van der Waals surface area contributed by atoms with E-state index in [1.165, 1.54) is 16.9 Å². The predicted octanol–water partition coefficient (Wildman–Crippen LogP) is 4.09. The molecule has 0 spiro atoms. The van der Waals surface area contributed by atoms with E-state index >= 15 is 0 Å². The maximum absolute atomic E-state index is 12.3. The van der Waals surface area contributed by atoms with Crippen molar-refractivity contribution in [3.8, 4) is 17.1 Å². The van der Waals surface area contributed by atoms with E-state index in [2.05, 4.69) is 16.0 Å². The monoisotopic (exact) mass is 390 g/mol. The summed E-state index contributed by atoms with van der Waals surface area (Å²) >= 11 is 1.70. The number of rotatable bonds is 4. The van der Waals surface area contributed by atoms with E-state index in [4.69, 9.17) is 0 Å². The maximum atomic E-state index is 12.3. The standard InChI is InChI=1S/C22H22N4OS/c1-13-9-15(10-16(11-23)21(27)25-17-7-8-17)14(2)26(13)22-19(12-24)18-5-3-4-6-20(18)28-22/h9-10,17H,3-8H2,1-2H3,(H,25,27)/b16-10+. The normalized spacial score (nSPS) is 16.2. The summed E-state index contributed by atoms with van der Waals surface area (Å²) in [5.41, 5.74) is 4.90. The van der Waals surface area contributed by atoms with Crippen LogP contribution in [0.3, 0.4) is 0 Å². The minimum atomic E-state index is -0.306. The number of amides is 1. The minimum absolute atomic E-state index is 0.123. The highest BCUT2D eigenvalue weighted by atomic mass is 32.1. The topological polar surface area (TPSA) is 81.6 Å². The molecule has 0 saturated heterocycles. The third-order valence-electron chi connectivity index (χ3n) is 5.52. The average Bonchev–Trinajstić information content (AvgIpc) is 3.35. The van der Waals surface area contributed by atoms with Crippen molar-refractivity contribution in [2.45, 2.75) is 58.4 Å². The van der Waals surface area contributed by atoms with Gasteiger partial charge >= 0.3 is 0 Å². The molecule has 0 atom stereocenters. The van der Waals surface area contributed by atoms with Gasteiger partial charge < -0.3 is 9.88 Å². The number of nitrogens with zero attached hydrogens (tertiary/aromatic N) is 3. The van der Waals surface area contributed by atoms with Crippen molar-refractivity contribution in [2.75, 3.05) is 0 Å². The molecule has 2 aromatic heterocycles. The molecule has 1 amide bonds. The Bertz CT molecular complexity index is 1070. The van der Waals surface area contributed by atoms with Gasteiger partial charge in [-0.3, -0.25) is 4.79 Å². The Labute approximate surface area is 168 Å². The van der Waals surface area contributed by atoms with Crippen LogP contribution < -0.4 is 5.32 Å². The van der Waals surface area contributed by atoms with Crippen LogP contribution >= 0.6 is 11.3 Å². The lowest BCUT2D eigenvalue weighted by Crippen LogP contribution is -2.26. The van der Waals surface area contributed by atoms with E-state index in [1.807, 2.05) is 26.0 Å². The summed E-state index contributed by atoms with van der Waals surface area (Å²) < 4.78 is 2.10. The average molecular weight is 391 g/mol. The van der Waals surface area contributed by atoms with Crippen molar-refractivity contribution in [1.82, 2.24) is 9.88 Å². The SMILES string of the molecule is Cc1cc(/C=C(\C#N)C(=O)NC2CC2)c(C)n1-c1sc2c(c1C#N)CCCC2. The smallest absolute Gasteiger partial charge is 0.262 e. The largest absolute Gasteiger partial charge is 0.349 e. The highest BCUT2D eigenvalue weighted by molar-refractivity contribution is 7.15. The molecule has 2 aliphatic rings. The van der Waals surface area contributed by atoms with Crippen LogP contribution in [0, 0.1) is 36.5 Å². The van der Waals surface area contributed by atoms with E-state index in [9.17, 15) is 15.3 Å². The van der Waals surface area contributed by atoms with E-state index < -0.39 is 0 Å². The second-order valence-electron chi connectivity index (χ2n) is 7.58. The van der Waals surface area contributed by atoms with Crippen molar-refractivity contribution in [3.05, 3.63) is 44.6 Å². The van der Waals surface area contributed by atoms with Crippen LogP contribution in [0.1, 0.15) is 58.6 Å². The Kier molecular flexibility index (Phi) is 4.83. The number of carbonyl (C=O) groups is 1. The van der Waals surface area contributed by atoms with Crippen LogP contribution in [0.25, 0.3) is 11.1 Å². The zero-order valence-electron chi connectivity index (χ0n) is 16.1. The summed E-state index contributed by atoms with van der Waals surface area (Å²) in [6.45, 7) is 3.98. The molecule has 1 saturated carbocycles. The lowest BCUT2D eigenvalue weighted by atomic mass is 9.96. The summed E-state index contributed by atoms with van der Waals surface area (Å²) in [7, 11) is 0. The van der Waals surface area contributed by atoms with Gasteiger partial charge in [-0.05, 0) is 75.6 Å². The number of fused-ring (bicyclic) bond motifs is 1. The van der Waals surface area contributed by atoms with Crippen LogP contribution in [0.5, 0.6) is 0 Å². The summed E-state index contributed by atoms with van der Waals surface area (Å²) in [5, 5.41) is 23.1. The number of hydrogen-bond donors (Lipinski definition) is 1. The summed E-state index contributed by atoms with van der Waals surface area (Å²) in [6.07, 6.45) is 7.96. The summed E-state index contributed by atoms with van der Waals surface area (Å²) in [5.74, 6) is -0.306. The van der Waals surface area contributed by atoms with E-state index in [-0.39, 0.29) is 17.5 Å². The Balaban J connectivity index is 1.75. The molecule has 142 valence electrons. The van der Waals surface area contributed by atoms with E-state index in [1.54, 1.807) is 17.4 Å². The minimum Gasteiger partial charge on any atom is -0.349 e. The van der Waals surface area contributed by atoms with Gasteiger partial charge in [0.1, 0.15) is 22.7 Å². The van der Waals surface area contributed by atoms with Crippen LogP contribution in [0.4, 0.5) is 0 Å². The Morgan fingerprint density at radius 1 is 1.29 bits per heavy atom. The first kappa shape index (κ1) is 18.5. The van der Waals surface area contributed by atoms with E-state index in [0.717, 1.165) is 59.6 Å². The number of nitrogens with one attached hydrogen (secondary N) is 1. The van der Waals surface area contributed by atoms with Gasteiger partial charge in [0.25, 0.3) is 5.91 Å². The van der Waals surface area contributed by atoms with Crippen molar-refractivity contribution in [2.24, 2.45) is 0 Å². The molecule has 28 heavy (non-hydrogen) atoms. The molecule has 2 aromatic rings. The van der Waals surface area contributed by atoms with Gasteiger partial charge in [-0.15, -0.1) is 11.3 Å². The fourth-order valence-corrected chi connectivity index (χ4v) is 5.32. The molecule has 2 aliphatic carbocycles. The van der Waals surface area contributed by atoms with Crippen molar-refractivity contribution < 1.29 is 4.79 Å². The molecular formula is C22H22N4OS. The Hall–Kier alpha value is -2.83. The van der Waals surface area contributed by atoms with Gasteiger partial charge in [-0.25, -0.2) is 0 Å². The number of carbonyl (C=O) groups excluding carboxylic acids is 1. The van der Waals surface area contributed by atoms with Gasteiger partial charge in [-0.2, -0.15) is 10.5 Å². The molecule has 6 heteroatoms. The van der Waals surface area contributed by atoms with Crippen LogP contribution in [0.15, 0.2) is 11.6 Å². The van der Waals surface area contributed by atoms with Crippen molar-refractivity contribution >= 4 is 23.3 Å². The van der Waals surface area contributed by atoms with Crippen molar-refractivity contribution in [3.63, 3.8) is 0 Å². The highest BCUT2D eigenvalue weighted by Gasteiger charge is 2.26. The first-order valence-electron chi connectivity index (χ1n) is 9.70. The molecule has 0 aliphatic heterocycles. The molecule has 4 rings (SSSR count). The first-order chi connectivity index (χ1) is 13.5. The number of thiophene rings is 1. The van der Waals surface area contributed by atoms with Crippen LogP contribution in [-0.2, 0) is 17.6 Å². The van der Waals surface area contributed by atoms with E-state index in [0.29, 0.717) is 0 Å². The molecule has 0 bridgehead atoms. The maximum Gasteiger partial charge on any atom is 0.262 e. The number of nitriles is 2. The first-order valence-corrected chi connectivity index (χ1v) is 10.5. The number of aryl methyl sites for hydroxylation is 2. The molecule has 0 radical (unpaired) electrons.